The lowest BCUT2D eigenvalue weighted by molar-refractivity contribution is -0.145. The Morgan fingerprint density at radius 1 is 1.23 bits per heavy atom. The second-order valence-corrected chi connectivity index (χ2v) is 8.01. The monoisotopic (exact) mass is 361 g/mol. The first-order valence-electron chi connectivity index (χ1n) is 9.14. The van der Waals surface area contributed by atoms with E-state index in [4.69, 9.17) is 4.74 Å². The average molecular weight is 361 g/mol. The molecule has 26 heavy (non-hydrogen) atoms. The number of hydrogen-bond acceptors (Lipinski definition) is 5. The highest BCUT2D eigenvalue weighted by Gasteiger charge is 2.40. The zero-order valence-electron chi connectivity index (χ0n) is 15.6. The molecule has 0 saturated carbocycles. The molecule has 1 aliphatic heterocycles. The fraction of sp³-hybridized carbons (Fsp3) is 0.632. The van der Waals surface area contributed by atoms with Gasteiger partial charge in [-0.25, -0.2) is 4.79 Å². The van der Waals surface area contributed by atoms with E-state index in [2.05, 4.69) is 9.88 Å². The highest BCUT2D eigenvalue weighted by Crippen LogP contribution is 2.39. The maximum atomic E-state index is 12.2. The third-order valence-electron chi connectivity index (χ3n) is 5.05. The minimum Gasteiger partial charge on any atom is -0.481 e. The fourth-order valence-electron chi connectivity index (χ4n) is 3.83. The van der Waals surface area contributed by atoms with Gasteiger partial charge in [0, 0.05) is 38.6 Å². The number of pyridine rings is 1. The van der Waals surface area contributed by atoms with Crippen LogP contribution in [-0.2, 0) is 16.0 Å². The number of piperazine rings is 1. The molecule has 7 heteroatoms. The summed E-state index contributed by atoms with van der Waals surface area (Å²) in [5.41, 5.74) is 1.67. The van der Waals surface area contributed by atoms with Crippen molar-refractivity contribution in [2.45, 2.75) is 45.3 Å². The number of aryl methyl sites for hydroxylation is 1. The Labute approximate surface area is 153 Å². The molecule has 1 aliphatic carbocycles. The number of aromatic nitrogens is 1. The van der Waals surface area contributed by atoms with Gasteiger partial charge in [-0.1, -0.05) is 0 Å². The Kier molecular flexibility index (Phi) is 5.18. The van der Waals surface area contributed by atoms with Gasteiger partial charge in [-0.3, -0.25) is 14.7 Å². The molecule has 0 spiro atoms. The highest BCUT2D eigenvalue weighted by molar-refractivity contribution is 5.72. The van der Waals surface area contributed by atoms with Crippen molar-refractivity contribution < 1.29 is 19.4 Å². The van der Waals surface area contributed by atoms with Crippen molar-refractivity contribution in [3.8, 4) is 0 Å². The minimum absolute atomic E-state index is 0.189. The van der Waals surface area contributed by atoms with Gasteiger partial charge in [0.1, 0.15) is 5.60 Å². The van der Waals surface area contributed by atoms with Crippen LogP contribution in [0.2, 0.25) is 0 Å². The van der Waals surface area contributed by atoms with Crippen LogP contribution >= 0.6 is 0 Å². The molecule has 2 heterocycles. The van der Waals surface area contributed by atoms with Gasteiger partial charge in [0.15, 0.2) is 0 Å². The molecule has 0 radical (unpaired) electrons. The van der Waals surface area contributed by atoms with Crippen molar-refractivity contribution in [3.05, 3.63) is 29.6 Å². The molecule has 2 aliphatic rings. The summed E-state index contributed by atoms with van der Waals surface area (Å²) >= 11 is 0. The number of carbonyl (C=O) groups is 2. The standard InChI is InChI=1S/C19H27N3O4/c1-19(2,3)26-18(25)22-10-8-21(9-11-22)16-14(17(23)24)5-4-13-6-7-20-12-15(13)16/h6-7,12,14,16H,4-5,8-11H2,1-3H3,(H,23,24). The molecule has 1 saturated heterocycles. The number of carbonyl (C=O) groups excluding carboxylic acids is 1. The molecule has 0 aromatic carbocycles. The predicted molar refractivity (Wildman–Crippen MR) is 95.8 cm³/mol. The highest BCUT2D eigenvalue weighted by atomic mass is 16.6. The Balaban J connectivity index is 1.73. The van der Waals surface area contributed by atoms with Gasteiger partial charge in [-0.2, -0.15) is 0 Å². The van der Waals surface area contributed by atoms with E-state index in [1.807, 2.05) is 26.8 Å². The van der Waals surface area contributed by atoms with Gasteiger partial charge in [0.25, 0.3) is 0 Å². The number of hydrogen-bond donors (Lipinski definition) is 1. The lowest BCUT2D eigenvalue weighted by Gasteiger charge is -2.43. The lowest BCUT2D eigenvalue weighted by atomic mass is 9.79. The normalized spacial score (nSPS) is 24.0. The maximum absolute atomic E-state index is 12.2. The van der Waals surface area contributed by atoms with Crippen molar-refractivity contribution >= 4 is 12.1 Å². The summed E-state index contributed by atoms with van der Waals surface area (Å²) in [6, 6.07) is 1.79. The second kappa shape index (κ2) is 7.23. The quantitative estimate of drug-likeness (QED) is 0.870. The molecule has 3 rings (SSSR count). The van der Waals surface area contributed by atoms with Crippen molar-refractivity contribution in [1.29, 1.82) is 0 Å². The van der Waals surface area contributed by atoms with E-state index in [1.54, 1.807) is 17.3 Å². The smallest absolute Gasteiger partial charge is 0.410 e. The first-order chi connectivity index (χ1) is 12.3. The van der Waals surface area contributed by atoms with E-state index < -0.39 is 17.5 Å². The van der Waals surface area contributed by atoms with Crippen LogP contribution in [0.25, 0.3) is 0 Å². The second-order valence-electron chi connectivity index (χ2n) is 8.01. The number of carboxylic acid groups (broad SMARTS) is 1. The van der Waals surface area contributed by atoms with Crippen LogP contribution in [-0.4, -0.2) is 63.7 Å². The fourth-order valence-corrected chi connectivity index (χ4v) is 3.83. The van der Waals surface area contributed by atoms with Crippen molar-refractivity contribution in [3.63, 3.8) is 0 Å². The van der Waals surface area contributed by atoms with E-state index in [9.17, 15) is 14.7 Å². The van der Waals surface area contributed by atoms with Crippen LogP contribution in [0, 0.1) is 5.92 Å². The minimum atomic E-state index is -0.765. The number of carboxylic acids is 1. The van der Waals surface area contributed by atoms with Gasteiger partial charge in [-0.15, -0.1) is 0 Å². The van der Waals surface area contributed by atoms with Gasteiger partial charge in [0.05, 0.1) is 12.0 Å². The number of fused-ring (bicyclic) bond motifs is 1. The molecule has 1 N–H and O–H groups in total. The summed E-state index contributed by atoms with van der Waals surface area (Å²) in [4.78, 5) is 32.2. The zero-order chi connectivity index (χ0) is 18.9. The summed E-state index contributed by atoms with van der Waals surface area (Å²) in [6.07, 6.45) is 4.65. The number of rotatable bonds is 2. The van der Waals surface area contributed by atoms with Crippen LogP contribution in [0.4, 0.5) is 4.79 Å². The molecule has 1 aromatic rings. The van der Waals surface area contributed by atoms with E-state index in [0.29, 0.717) is 32.6 Å². The van der Waals surface area contributed by atoms with E-state index in [1.165, 1.54) is 5.56 Å². The number of aliphatic carboxylic acids is 1. The maximum Gasteiger partial charge on any atom is 0.410 e. The Hall–Kier alpha value is -2.15. The van der Waals surface area contributed by atoms with Crippen molar-refractivity contribution in [2.24, 2.45) is 5.92 Å². The van der Waals surface area contributed by atoms with Gasteiger partial charge >= 0.3 is 12.1 Å². The molecule has 142 valence electrons. The molecule has 0 bridgehead atoms. The summed E-state index contributed by atoms with van der Waals surface area (Å²) < 4.78 is 5.44. The SMILES string of the molecule is CC(C)(C)OC(=O)N1CCN(C2c3cnccc3CCC2C(=O)O)CC1. The molecule has 2 unspecified atom stereocenters. The van der Waals surface area contributed by atoms with Crippen LogP contribution in [0.3, 0.4) is 0 Å². The van der Waals surface area contributed by atoms with Crippen LogP contribution in [0.15, 0.2) is 18.5 Å². The summed E-state index contributed by atoms with van der Waals surface area (Å²) in [5, 5.41) is 9.70. The van der Waals surface area contributed by atoms with E-state index in [-0.39, 0.29) is 12.1 Å². The number of ether oxygens (including phenoxy) is 1. The predicted octanol–water partition coefficient (Wildman–Crippen LogP) is 2.32. The number of amides is 1. The van der Waals surface area contributed by atoms with Gasteiger partial charge < -0.3 is 14.7 Å². The third-order valence-corrected chi connectivity index (χ3v) is 5.05. The molecule has 1 amide bonds. The first kappa shape index (κ1) is 18.6. The summed E-state index contributed by atoms with van der Waals surface area (Å²) in [5.74, 6) is -1.21. The van der Waals surface area contributed by atoms with E-state index >= 15 is 0 Å². The Bertz CT molecular complexity index is 678. The first-order valence-corrected chi connectivity index (χ1v) is 9.14. The Morgan fingerprint density at radius 3 is 2.54 bits per heavy atom. The van der Waals surface area contributed by atoms with Gasteiger partial charge in [-0.05, 0) is 50.8 Å². The van der Waals surface area contributed by atoms with Crippen LogP contribution in [0.1, 0.15) is 44.4 Å². The molecular formula is C19H27N3O4. The molecule has 1 fully saturated rings. The summed E-state index contributed by atoms with van der Waals surface area (Å²) in [6.45, 7) is 7.88. The number of nitrogens with zero attached hydrogens (tertiary/aromatic N) is 3. The molecule has 7 nitrogen and oxygen atoms in total. The average Bonchev–Trinajstić information content (AvgIpc) is 2.59. The third kappa shape index (κ3) is 3.98. The summed E-state index contributed by atoms with van der Waals surface area (Å²) in [7, 11) is 0. The van der Waals surface area contributed by atoms with Crippen LogP contribution < -0.4 is 0 Å². The Morgan fingerprint density at radius 2 is 1.92 bits per heavy atom. The lowest BCUT2D eigenvalue weighted by Crippen LogP contribution is -2.53. The van der Waals surface area contributed by atoms with Crippen molar-refractivity contribution in [2.75, 3.05) is 26.2 Å². The van der Waals surface area contributed by atoms with Gasteiger partial charge in [0.2, 0.25) is 0 Å². The molecule has 1 aromatic heterocycles. The molecule has 2 atom stereocenters. The topological polar surface area (TPSA) is 83.0 Å². The van der Waals surface area contributed by atoms with Crippen LogP contribution in [0.5, 0.6) is 0 Å². The zero-order valence-corrected chi connectivity index (χ0v) is 15.6. The largest absolute Gasteiger partial charge is 0.481 e. The van der Waals surface area contributed by atoms with Crippen molar-refractivity contribution in [1.82, 2.24) is 14.8 Å². The van der Waals surface area contributed by atoms with E-state index in [0.717, 1.165) is 12.0 Å². The molecular weight excluding hydrogens is 334 g/mol.